The van der Waals surface area contributed by atoms with Crippen molar-refractivity contribution in [1.29, 1.82) is 0 Å². The molecule has 0 aliphatic heterocycles. The van der Waals surface area contributed by atoms with Crippen LogP contribution in [-0.4, -0.2) is 17.9 Å². The monoisotopic (exact) mass is 381 g/mol. The van der Waals surface area contributed by atoms with E-state index >= 15 is 0 Å². The van der Waals surface area contributed by atoms with Gasteiger partial charge in [0.1, 0.15) is 0 Å². The Morgan fingerprint density at radius 1 is 0.964 bits per heavy atom. The van der Waals surface area contributed by atoms with E-state index < -0.39 is 5.91 Å². The molecule has 2 rings (SSSR count). The Morgan fingerprint density at radius 2 is 1.57 bits per heavy atom. The van der Waals surface area contributed by atoms with Gasteiger partial charge in [-0.15, -0.1) is 0 Å². The molecule has 0 unspecified atom stereocenters. The number of carbonyl (C=O) groups is 2. The van der Waals surface area contributed by atoms with Gasteiger partial charge in [0.15, 0.2) is 0 Å². The molecule has 0 bridgehead atoms. The van der Waals surface area contributed by atoms with Gasteiger partial charge in [0, 0.05) is 17.3 Å². The lowest BCUT2D eigenvalue weighted by molar-refractivity contribution is -0.118. The van der Waals surface area contributed by atoms with Crippen molar-refractivity contribution < 1.29 is 9.59 Å². The van der Waals surface area contributed by atoms with Gasteiger partial charge < -0.3 is 11.1 Å². The molecule has 0 aliphatic carbocycles. The molecule has 0 aliphatic rings. The summed E-state index contributed by atoms with van der Waals surface area (Å²) in [5.74, 6) is -0.278. The summed E-state index contributed by atoms with van der Waals surface area (Å²) in [6.45, 7) is 8.32. The van der Waals surface area contributed by atoms with E-state index in [-0.39, 0.29) is 18.0 Å². The van der Waals surface area contributed by atoms with E-state index in [4.69, 9.17) is 5.73 Å². The third-order valence-electron chi connectivity index (χ3n) is 4.80. The summed E-state index contributed by atoms with van der Waals surface area (Å²) in [6.07, 6.45) is 2.20. The minimum Gasteiger partial charge on any atom is -0.366 e. The van der Waals surface area contributed by atoms with Crippen LogP contribution >= 0.6 is 0 Å². The molecular weight excluding hydrogens is 350 g/mol. The van der Waals surface area contributed by atoms with Crippen LogP contribution in [0.3, 0.4) is 0 Å². The molecule has 0 fully saturated rings. The summed E-state index contributed by atoms with van der Waals surface area (Å²) < 4.78 is 0. The first kappa shape index (κ1) is 21.6. The predicted octanol–water partition coefficient (Wildman–Crippen LogP) is 4.05. The molecule has 5 nitrogen and oxygen atoms in total. The first-order valence-electron chi connectivity index (χ1n) is 9.87. The van der Waals surface area contributed by atoms with Crippen LogP contribution in [0.5, 0.6) is 0 Å². The van der Waals surface area contributed by atoms with Crippen LogP contribution in [0.1, 0.15) is 61.6 Å². The highest BCUT2D eigenvalue weighted by molar-refractivity contribution is 5.96. The summed E-state index contributed by atoms with van der Waals surface area (Å²) in [5, 5.41) is 6.32. The van der Waals surface area contributed by atoms with Crippen molar-refractivity contribution in [1.82, 2.24) is 5.32 Å². The number of nitrogens with one attached hydrogen (secondary N) is 2. The summed E-state index contributed by atoms with van der Waals surface area (Å²) in [4.78, 5) is 23.7. The predicted molar refractivity (Wildman–Crippen MR) is 114 cm³/mol. The molecule has 2 aromatic rings. The van der Waals surface area contributed by atoms with Crippen molar-refractivity contribution in [3.05, 3.63) is 65.2 Å². The van der Waals surface area contributed by atoms with E-state index in [1.54, 1.807) is 24.3 Å². The highest BCUT2D eigenvalue weighted by Crippen LogP contribution is 2.23. The highest BCUT2D eigenvalue weighted by atomic mass is 16.2. The zero-order valence-electron chi connectivity index (χ0n) is 17.2. The second-order valence-electron chi connectivity index (χ2n) is 7.53. The number of nitrogens with two attached hydrogens (primary N) is 1. The Balaban J connectivity index is 2.03. The second kappa shape index (κ2) is 10.0. The number of hydrogen-bond donors (Lipinski definition) is 3. The van der Waals surface area contributed by atoms with E-state index in [2.05, 4.69) is 55.7 Å². The number of benzene rings is 2. The SMILES string of the molecule is CCCc1ccc([C@H](N[C@@H](C)C(=O)Nc2ccc(C(N)=O)cc2)C(C)C)cc1. The van der Waals surface area contributed by atoms with Crippen LogP contribution in [0, 0.1) is 5.92 Å². The number of aryl methyl sites for hydroxylation is 1. The highest BCUT2D eigenvalue weighted by Gasteiger charge is 2.22. The third-order valence-corrected chi connectivity index (χ3v) is 4.80. The Bertz CT molecular complexity index is 782. The maximum absolute atomic E-state index is 12.6. The number of amides is 2. The molecule has 150 valence electrons. The summed E-state index contributed by atoms with van der Waals surface area (Å²) in [7, 11) is 0. The van der Waals surface area contributed by atoms with Crippen LogP contribution in [0.25, 0.3) is 0 Å². The minimum atomic E-state index is -0.488. The zero-order valence-corrected chi connectivity index (χ0v) is 17.2. The molecule has 0 saturated heterocycles. The molecule has 0 radical (unpaired) electrons. The minimum absolute atomic E-state index is 0.0775. The standard InChI is InChI=1S/C23H31N3O2/c1-5-6-17-7-9-18(10-8-17)21(15(2)3)25-16(4)23(28)26-20-13-11-19(12-14-20)22(24)27/h7-16,21,25H,5-6H2,1-4H3,(H2,24,27)(H,26,28)/t16-,21+/m0/s1. The average Bonchev–Trinajstić information content (AvgIpc) is 2.67. The second-order valence-corrected chi connectivity index (χ2v) is 7.53. The molecule has 0 saturated carbocycles. The Labute approximate surface area is 167 Å². The first-order valence-corrected chi connectivity index (χ1v) is 9.87. The summed E-state index contributed by atoms with van der Waals surface area (Å²) in [6, 6.07) is 14.9. The zero-order chi connectivity index (χ0) is 20.7. The lowest BCUT2D eigenvalue weighted by atomic mass is 9.94. The van der Waals surface area contributed by atoms with Gasteiger partial charge in [0.05, 0.1) is 6.04 Å². The molecule has 5 heteroatoms. The van der Waals surface area contributed by atoms with Crippen molar-refractivity contribution in [3.8, 4) is 0 Å². The maximum atomic E-state index is 12.6. The van der Waals surface area contributed by atoms with Gasteiger partial charge in [-0.2, -0.15) is 0 Å². The average molecular weight is 382 g/mol. The Kier molecular flexibility index (Phi) is 7.76. The van der Waals surface area contributed by atoms with Gasteiger partial charge in [-0.05, 0) is 54.7 Å². The number of carbonyl (C=O) groups excluding carboxylic acids is 2. The smallest absolute Gasteiger partial charge is 0.248 e. The fourth-order valence-corrected chi connectivity index (χ4v) is 3.17. The van der Waals surface area contributed by atoms with Crippen LogP contribution in [0.2, 0.25) is 0 Å². The van der Waals surface area contributed by atoms with Crippen LogP contribution in [-0.2, 0) is 11.2 Å². The van der Waals surface area contributed by atoms with Crippen molar-refractivity contribution in [2.24, 2.45) is 11.7 Å². The lowest BCUT2D eigenvalue weighted by Gasteiger charge is -2.26. The van der Waals surface area contributed by atoms with Gasteiger partial charge in [0.25, 0.3) is 0 Å². The van der Waals surface area contributed by atoms with E-state index in [1.807, 2.05) is 6.92 Å². The number of anilines is 1. The lowest BCUT2D eigenvalue weighted by Crippen LogP contribution is -2.41. The Hall–Kier alpha value is -2.66. The Morgan fingerprint density at radius 3 is 2.07 bits per heavy atom. The molecule has 2 aromatic carbocycles. The van der Waals surface area contributed by atoms with Crippen LogP contribution in [0.15, 0.2) is 48.5 Å². The largest absolute Gasteiger partial charge is 0.366 e. The topological polar surface area (TPSA) is 84.2 Å². The molecule has 0 spiro atoms. The normalized spacial score (nSPS) is 13.2. The molecular formula is C23H31N3O2. The molecule has 0 aromatic heterocycles. The number of primary amides is 1. The quantitative estimate of drug-likeness (QED) is 0.612. The molecule has 2 atom stereocenters. The summed E-state index contributed by atoms with van der Waals surface area (Å²) >= 11 is 0. The van der Waals surface area contributed by atoms with Gasteiger partial charge in [-0.25, -0.2) is 0 Å². The van der Waals surface area contributed by atoms with Gasteiger partial charge in [-0.1, -0.05) is 51.5 Å². The first-order chi connectivity index (χ1) is 13.3. The van der Waals surface area contributed by atoms with Crippen LogP contribution < -0.4 is 16.4 Å². The van der Waals surface area contributed by atoms with Crippen LogP contribution in [0.4, 0.5) is 5.69 Å². The maximum Gasteiger partial charge on any atom is 0.248 e. The van der Waals surface area contributed by atoms with Gasteiger partial charge >= 0.3 is 0 Å². The van der Waals surface area contributed by atoms with E-state index in [0.717, 1.165) is 12.8 Å². The van der Waals surface area contributed by atoms with Crippen molar-refractivity contribution >= 4 is 17.5 Å². The van der Waals surface area contributed by atoms with E-state index in [1.165, 1.54) is 11.1 Å². The summed E-state index contributed by atoms with van der Waals surface area (Å²) in [5.41, 5.74) is 8.80. The van der Waals surface area contributed by atoms with E-state index in [0.29, 0.717) is 17.2 Å². The molecule has 2 amide bonds. The molecule has 4 N–H and O–H groups in total. The van der Waals surface area contributed by atoms with Crippen molar-refractivity contribution in [2.45, 2.75) is 52.6 Å². The van der Waals surface area contributed by atoms with Crippen molar-refractivity contribution in [3.63, 3.8) is 0 Å². The fourth-order valence-electron chi connectivity index (χ4n) is 3.17. The fraction of sp³-hybridized carbons (Fsp3) is 0.391. The molecule has 28 heavy (non-hydrogen) atoms. The third kappa shape index (κ3) is 5.92. The number of hydrogen-bond acceptors (Lipinski definition) is 3. The van der Waals surface area contributed by atoms with E-state index in [9.17, 15) is 9.59 Å². The van der Waals surface area contributed by atoms with Gasteiger partial charge in [-0.3, -0.25) is 14.9 Å². The molecule has 0 heterocycles. The van der Waals surface area contributed by atoms with Gasteiger partial charge in [0.2, 0.25) is 11.8 Å². The number of rotatable bonds is 9. The van der Waals surface area contributed by atoms with Crippen molar-refractivity contribution in [2.75, 3.05) is 5.32 Å².